The van der Waals surface area contributed by atoms with Crippen LogP contribution in [0.4, 0.5) is 5.69 Å². The summed E-state index contributed by atoms with van der Waals surface area (Å²) in [5, 5.41) is 3.02. The van der Waals surface area contributed by atoms with Crippen LogP contribution < -0.4 is 10.2 Å². The van der Waals surface area contributed by atoms with Crippen molar-refractivity contribution >= 4 is 27.5 Å². The number of nitrogens with zero attached hydrogens (tertiary/aromatic N) is 2. The molecule has 5 heteroatoms. The number of hydrogen-bond donors (Lipinski definition) is 1. The molecule has 1 amide bonds. The maximum atomic E-state index is 12.2. The lowest BCUT2D eigenvalue weighted by Gasteiger charge is -2.35. The third-order valence-electron chi connectivity index (χ3n) is 4.52. The summed E-state index contributed by atoms with van der Waals surface area (Å²) < 4.78 is 1.10. The van der Waals surface area contributed by atoms with E-state index in [4.69, 9.17) is 0 Å². The van der Waals surface area contributed by atoms with Crippen molar-refractivity contribution in [3.8, 4) is 0 Å². The van der Waals surface area contributed by atoms with Gasteiger partial charge in [0.25, 0.3) is 0 Å². The molecule has 1 aliphatic heterocycles. The topological polar surface area (TPSA) is 35.6 Å². The van der Waals surface area contributed by atoms with E-state index in [9.17, 15) is 4.79 Å². The molecular weight excluding hydrogens is 378 g/mol. The van der Waals surface area contributed by atoms with E-state index in [1.807, 2.05) is 6.07 Å². The molecule has 0 aliphatic carbocycles. The van der Waals surface area contributed by atoms with Gasteiger partial charge in [0.05, 0.1) is 6.54 Å². The number of anilines is 1. The van der Waals surface area contributed by atoms with E-state index in [0.717, 1.165) is 36.2 Å². The molecule has 0 saturated carbocycles. The number of rotatable bonds is 5. The Balaban J connectivity index is 1.42. The maximum Gasteiger partial charge on any atom is 0.234 e. The van der Waals surface area contributed by atoms with Crippen molar-refractivity contribution in [2.45, 2.75) is 13.5 Å². The summed E-state index contributed by atoms with van der Waals surface area (Å²) >= 11 is 3.52. The molecule has 1 N–H and O–H groups in total. The molecule has 1 heterocycles. The second-order valence-electron chi connectivity index (χ2n) is 6.51. The van der Waals surface area contributed by atoms with E-state index in [2.05, 4.69) is 80.4 Å². The minimum atomic E-state index is 0.0940. The van der Waals surface area contributed by atoms with Gasteiger partial charge >= 0.3 is 0 Å². The Hall–Kier alpha value is -1.85. The van der Waals surface area contributed by atoms with Crippen LogP contribution >= 0.6 is 15.9 Å². The summed E-state index contributed by atoms with van der Waals surface area (Å²) in [6.07, 6.45) is 0. The highest BCUT2D eigenvalue weighted by Crippen LogP contribution is 2.21. The van der Waals surface area contributed by atoms with Crippen LogP contribution in [0.5, 0.6) is 0 Å². The fourth-order valence-corrected chi connectivity index (χ4v) is 3.39. The Morgan fingerprint density at radius 2 is 1.80 bits per heavy atom. The van der Waals surface area contributed by atoms with E-state index < -0.39 is 0 Å². The zero-order valence-electron chi connectivity index (χ0n) is 14.5. The van der Waals surface area contributed by atoms with Crippen molar-refractivity contribution in [2.24, 2.45) is 0 Å². The van der Waals surface area contributed by atoms with Gasteiger partial charge in [-0.2, -0.15) is 0 Å². The van der Waals surface area contributed by atoms with Gasteiger partial charge in [-0.15, -0.1) is 0 Å². The predicted octanol–water partition coefficient (Wildman–Crippen LogP) is 3.20. The number of piperazine rings is 1. The maximum absolute atomic E-state index is 12.2. The third-order valence-corrected chi connectivity index (χ3v) is 5.02. The third kappa shape index (κ3) is 5.31. The van der Waals surface area contributed by atoms with Crippen molar-refractivity contribution in [1.82, 2.24) is 10.2 Å². The molecule has 1 aliphatic rings. The van der Waals surface area contributed by atoms with E-state index in [1.165, 1.54) is 11.3 Å². The molecule has 0 radical (unpaired) electrons. The molecule has 1 saturated heterocycles. The highest BCUT2D eigenvalue weighted by molar-refractivity contribution is 9.10. The lowest BCUT2D eigenvalue weighted by atomic mass is 10.1. The van der Waals surface area contributed by atoms with Crippen LogP contribution in [0, 0.1) is 6.92 Å². The Bertz CT molecular complexity index is 709. The van der Waals surface area contributed by atoms with Gasteiger partial charge in [0.1, 0.15) is 0 Å². The van der Waals surface area contributed by atoms with Crippen LogP contribution in [0.2, 0.25) is 0 Å². The van der Waals surface area contributed by atoms with Gasteiger partial charge in [-0.05, 0) is 30.7 Å². The standard InChI is InChI=1S/C20H24BrN3O/c1-16-5-7-17(8-6-16)14-22-20(25)15-23-9-11-24(12-10-23)19-4-2-3-18(21)13-19/h2-8,13H,9-12,14-15H2,1H3,(H,22,25). The summed E-state index contributed by atoms with van der Waals surface area (Å²) in [6, 6.07) is 16.6. The van der Waals surface area contributed by atoms with Gasteiger partial charge in [0.15, 0.2) is 0 Å². The van der Waals surface area contributed by atoms with Gasteiger partial charge in [-0.1, -0.05) is 51.8 Å². The molecule has 25 heavy (non-hydrogen) atoms. The fourth-order valence-electron chi connectivity index (χ4n) is 3.00. The monoisotopic (exact) mass is 401 g/mol. The number of benzene rings is 2. The molecule has 3 rings (SSSR count). The first-order valence-corrected chi connectivity index (χ1v) is 9.44. The Morgan fingerprint density at radius 1 is 1.08 bits per heavy atom. The molecular formula is C20H24BrN3O. The molecule has 2 aromatic carbocycles. The second-order valence-corrected chi connectivity index (χ2v) is 7.42. The fraction of sp³-hybridized carbons (Fsp3) is 0.350. The summed E-state index contributed by atoms with van der Waals surface area (Å²) in [7, 11) is 0. The predicted molar refractivity (Wildman–Crippen MR) is 106 cm³/mol. The highest BCUT2D eigenvalue weighted by atomic mass is 79.9. The molecule has 0 unspecified atom stereocenters. The van der Waals surface area contributed by atoms with Crippen molar-refractivity contribution in [2.75, 3.05) is 37.6 Å². The number of hydrogen-bond acceptors (Lipinski definition) is 3. The number of amides is 1. The zero-order chi connectivity index (χ0) is 17.6. The van der Waals surface area contributed by atoms with Crippen molar-refractivity contribution in [3.05, 3.63) is 64.1 Å². The van der Waals surface area contributed by atoms with Crippen LogP contribution in [-0.4, -0.2) is 43.5 Å². The van der Waals surface area contributed by atoms with Crippen molar-refractivity contribution in [3.63, 3.8) is 0 Å². The average molecular weight is 402 g/mol. The first-order chi connectivity index (χ1) is 12.1. The first-order valence-electron chi connectivity index (χ1n) is 8.65. The number of aryl methyl sites for hydroxylation is 1. The lowest BCUT2D eigenvalue weighted by molar-refractivity contribution is -0.122. The molecule has 2 aromatic rings. The molecule has 1 fully saturated rings. The normalized spacial score (nSPS) is 15.2. The van der Waals surface area contributed by atoms with Gasteiger partial charge in [-0.25, -0.2) is 0 Å². The Kier molecular flexibility index (Phi) is 6.10. The van der Waals surface area contributed by atoms with Crippen molar-refractivity contribution in [1.29, 1.82) is 0 Å². The van der Waals surface area contributed by atoms with Crippen LogP contribution in [0.3, 0.4) is 0 Å². The Morgan fingerprint density at radius 3 is 2.48 bits per heavy atom. The number of nitrogens with one attached hydrogen (secondary N) is 1. The number of carbonyl (C=O) groups is 1. The highest BCUT2D eigenvalue weighted by Gasteiger charge is 2.19. The SMILES string of the molecule is Cc1ccc(CNC(=O)CN2CCN(c3cccc(Br)c3)CC2)cc1. The van der Waals surface area contributed by atoms with Gasteiger partial charge in [0, 0.05) is 42.9 Å². The quantitative estimate of drug-likeness (QED) is 0.835. The van der Waals surface area contributed by atoms with Crippen LogP contribution in [0.25, 0.3) is 0 Å². The van der Waals surface area contributed by atoms with Crippen LogP contribution in [0.15, 0.2) is 53.0 Å². The zero-order valence-corrected chi connectivity index (χ0v) is 16.1. The molecule has 4 nitrogen and oxygen atoms in total. The van der Waals surface area contributed by atoms with Gasteiger partial charge in [0.2, 0.25) is 5.91 Å². The summed E-state index contributed by atoms with van der Waals surface area (Å²) in [4.78, 5) is 16.8. The van der Waals surface area contributed by atoms with E-state index in [1.54, 1.807) is 0 Å². The average Bonchev–Trinajstić information content (AvgIpc) is 2.62. The van der Waals surface area contributed by atoms with E-state index >= 15 is 0 Å². The van der Waals surface area contributed by atoms with Crippen LogP contribution in [-0.2, 0) is 11.3 Å². The molecule has 132 valence electrons. The van der Waals surface area contributed by atoms with Crippen molar-refractivity contribution < 1.29 is 4.79 Å². The summed E-state index contributed by atoms with van der Waals surface area (Å²) in [5.74, 6) is 0.0940. The first kappa shape index (κ1) is 18.0. The summed E-state index contributed by atoms with van der Waals surface area (Å²) in [6.45, 7) is 6.84. The molecule has 0 atom stereocenters. The number of halogens is 1. The lowest BCUT2D eigenvalue weighted by Crippen LogP contribution is -2.49. The van der Waals surface area contributed by atoms with Gasteiger partial charge < -0.3 is 10.2 Å². The van der Waals surface area contributed by atoms with Gasteiger partial charge in [-0.3, -0.25) is 9.69 Å². The number of carbonyl (C=O) groups excluding carboxylic acids is 1. The summed E-state index contributed by atoms with van der Waals surface area (Å²) in [5.41, 5.74) is 3.61. The molecule has 0 bridgehead atoms. The minimum Gasteiger partial charge on any atom is -0.369 e. The van der Waals surface area contributed by atoms with E-state index in [-0.39, 0.29) is 5.91 Å². The smallest absolute Gasteiger partial charge is 0.234 e. The minimum absolute atomic E-state index is 0.0940. The largest absolute Gasteiger partial charge is 0.369 e. The molecule has 0 aromatic heterocycles. The molecule has 0 spiro atoms. The van der Waals surface area contributed by atoms with E-state index in [0.29, 0.717) is 13.1 Å². The van der Waals surface area contributed by atoms with Crippen LogP contribution in [0.1, 0.15) is 11.1 Å². The second kappa shape index (κ2) is 8.50. The Labute approximate surface area is 158 Å².